The molecule has 2 aromatic carbocycles. The molecule has 0 radical (unpaired) electrons. The first-order valence-electron chi connectivity index (χ1n) is 10.2. The number of carbonyl (C=O) groups excluding carboxylic acids is 2. The number of nitrogens with one attached hydrogen (secondary N) is 3. The van der Waals surface area contributed by atoms with Crippen molar-refractivity contribution in [2.75, 3.05) is 5.75 Å². The monoisotopic (exact) mass is 470 g/mol. The van der Waals surface area contributed by atoms with E-state index in [2.05, 4.69) is 20.9 Å². The fourth-order valence-corrected chi connectivity index (χ4v) is 5.44. The van der Waals surface area contributed by atoms with Gasteiger partial charge in [-0.05, 0) is 13.0 Å². The van der Waals surface area contributed by atoms with E-state index in [-0.39, 0.29) is 36.0 Å². The van der Waals surface area contributed by atoms with E-state index in [0.717, 1.165) is 21.1 Å². The van der Waals surface area contributed by atoms with Crippen LogP contribution < -0.4 is 16.0 Å². The van der Waals surface area contributed by atoms with E-state index >= 15 is 0 Å². The van der Waals surface area contributed by atoms with E-state index in [9.17, 15) is 14.0 Å². The molecule has 3 N–H and O–H groups in total. The van der Waals surface area contributed by atoms with E-state index in [0.29, 0.717) is 12.0 Å². The quantitative estimate of drug-likeness (QED) is 0.490. The molecule has 1 saturated heterocycles. The normalized spacial score (nSPS) is 18.2. The van der Waals surface area contributed by atoms with E-state index in [1.807, 2.05) is 37.3 Å². The van der Waals surface area contributed by atoms with Crippen molar-refractivity contribution in [1.82, 2.24) is 20.9 Å². The van der Waals surface area contributed by atoms with Crippen LogP contribution in [-0.4, -0.2) is 28.0 Å². The summed E-state index contributed by atoms with van der Waals surface area (Å²) in [5.74, 6) is -0.515. The highest BCUT2D eigenvalue weighted by atomic mass is 32.2. The molecule has 2 atom stereocenters. The number of benzene rings is 2. The van der Waals surface area contributed by atoms with E-state index < -0.39 is 5.50 Å². The van der Waals surface area contributed by atoms with Gasteiger partial charge in [-0.2, -0.15) is 0 Å². The van der Waals surface area contributed by atoms with Crippen molar-refractivity contribution in [3.8, 4) is 10.6 Å². The molecule has 4 rings (SSSR count). The number of halogens is 1. The number of thiazole rings is 1. The number of thioether (sulfide) groups is 1. The van der Waals surface area contributed by atoms with Crippen LogP contribution in [0.1, 0.15) is 28.6 Å². The van der Waals surface area contributed by atoms with E-state index in [4.69, 9.17) is 0 Å². The second-order valence-electron chi connectivity index (χ2n) is 7.38. The van der Waals surface area contributed by atoms with Gasteiger partial charge in [-0.1, -0.05) is 48.5 Å². The van der Waals surface area contributed by atoms with Crippen LogP contribution in [0, 0.1) is 12.7 Å². The van der Waals surface area contributed by atoms with Crippen LogP contribution >= 0.6 is 23.1 Å². The standard InChI is InChI=1S/C23H23FN4O2S2/c1-14-21(32-22(26-14)15-7-3-2-4-8-15)18-11-19(29)28-23(27-18)31-13-20(30)25-12-16-9-5-6-10-17(16)24/h2-10,18,23,27H,11-13H2,1H3,(H,25,30)(H,28,29). The highest BCUT2D eigenvalue weighted by molar-refractivity contribution is 8.00. The first-order chi connectivity index (χ1) is 15.5. The van der Waals surface area contributed by atoms with Gasteiger partial charge < -0.3 is 10.6 Å². The lowest BCUT2D eigenvalue weighted by atomic mass is 10.1. The number of aromatic nitrogens is 1. The summed E-state index contributed by atoms with van der Waals surface area (Å²) in [5, 5.41) is 9.91. The first kappa shape index (κ1) is 22.4. The van der Waals surface area contributed by atoms with Crippen molar-refractivity contribution in [2.45, 2.75) is 31.4 Å². The summed E-state index contributed by atoms with van der Waals surface area (Å²) in [5.41, 5.74) is 1.98. The molecule has 1 aromatic heterocycles. The minimum absolute atomic E-state index is 0.0768. The number of amides is 2. The Morgan fingerprint density at radius 1 is 1.22 bits per heavy atom. The molecule has 166 valence electrons. The van der Waals surface area contributed by atoms with Gasteiger partial charge in [0.2, 0.25) is 11.8 Å². The van der Waals surface area contributed by atoms with Crippen molar-refractivity contribution in [1.29, 1.82) is 0 Å². The van der Waals surface area contributed by atoms with Crippen LogP contribution in [-0.2, 0) is 16.1 Å². The Hall–Kier alpha value is -2.75. The predicted octanol–water partition coefficient (Wildman–Crippen LogP) is 3.74. The van der Waals surface area contributed by atoms with Gasteiger partial charge in [0.1, 0.15) is 16.3 Å². The Kier molecular flexibility index (Phi) is 7.19. The first-order valence-corrected chi connectivity index (χ1v) is 12.1. The van der Waals surface area contributed by atoms with Gasteiger partial charge in [-0.25, -0.2) is 9.37 Å². The van der Waals surface area contributed by atoms with Crippen LogP contribution in [0.2, 0.25) is 0 Å². The average molecular weight is 471 g/mol. The molecule has 3 aromatic rings. The van der Waals surface area contributed by atoms with Crippen LogP contribution in [0.4, 0.5) is 4.39 Å². The maximum Gasteiger partial charge on any atom is 0.230 e. The minimum atomic E-state index is -0.401. The summed E-state index contributed by atoms with van der Waals surface area (Å²) in [6.45, 7) is 2.08. The third-order valence-electron chi connectivity index (χ3n) is 5.02. The van der Waals surface area contributed by atoms with Crippen LogP contribution in [0.3, 0.4) is 0 Å². The topological polar surface area (TPSA) is 83.1 Å². The molecule has 0 saturated carbocycles. The molecule has 32 heavy (non-hydrogen) atoms. The summed E-state index contributed by atoms with van der Waals surface area (Å²) in [4.78, 5) is 30.2. The van der Waals surface area contributed by atoms with E-state index in [1.165, 1.54) is 17.8 Å². The van der Waals surface area contributed by atoms with Crippen molar-refractivity contribution in [3.63, 3.8) is 0 Å². The third-order valence-corrected chi connectivity index (χ3v) is 7.36. The van der Waals surface area contributed by atoms with Crippen LogP contribution in [0.15, 0.2) is 54.6 Å². The fourth-order valence-electron chi connectivity index (χ4n) is 3.41. The molecular weight excluding hydrogens is 447 g/mol. The Morgan fingerprint density at radius 2 is 1.97 bits per heavy atom. The summed E-state index contributed by atoms with van der Waals surface area (Å²) < 4.78 is 13.7. The highest BCUT2D eigenvalue weighted by Crippen LogP contribution is 2.34. The summed E-state index contributed by atoms with van der Waals surface area (Å²) in [6, 6.07) is 16.1. The Labute approximate surface area is 194 Å². The maximum absolute atomic E-state index is 13.7. The molecule has 9 heteroatoms. The van der Waals surface area contributed by atoms with Crippen LogP contribution in [0.5, 0.6) is 0 Å². The third kappa shape index (κ3) is 5.53. The second kappa shape index (κ2) is 10.2. The predicted molar refractivity (Wildman–Crippen MR) is 125 cm³/mol. The summed E-state index contributed by atoms with van der Waals surface area (Å²) in [7, 11) is 0. The smallest absolute Gasteiger partial charge is 0.230 e. The molecule has 2 amide bonds. The number of rotatable bonds is 7. The van der Waals surface area contributed by atoms with E-state index in [1.54, 1.807) is 29.5 Å². The number of nitrogens with zero attached hydrogens (tertiary/aromatic N) is 1. The van der Waals surface area contributed by atoms with Gasteiger partial charge in [-0.15, -0.1) is 23.1 Å². The average Bonchev–Trinajstić information content (AvgIpc) is 3.19. The van der Waals surface area contributed by atoms with Gasteiger partial charge in [0, 0.05) is 29.0 Å². The highest BCUT2D eigenvalue weighted by Gasteiger charge is 2.30. The van der Waals surface area contributed by atoms with Crippen molar-refractivity contribution in [3.05, 3.63) is 76.5 Å². The molecule has 0 aliphatic carbocycles. The molecule has 0 spiro atoms. The number of carbonyl (C=O) groups is 2. The van der Waals surface area contributed by atoms with Gasteiger partial charge >= 0.3 is 0 Å². The fraction of sp³-hybridized carbons (Fsp3) is 0.261. The molecule has 2 heterocycles. The molecule has 1 aliphatic heterocycles. The van der Waals surface area contributed by atoms with Crippen molar-refractivity contribution >= 4 is 34.9 Å². The number of hydrogen-bond donors (Lipinski definition) is 3. The largest absolute Gasteiger partial charge is 0.351 e. The summed E-state index contributed by atoms with van der Waals surface area (Å²) in [6.07, 6.45) is 0.313. The lowest BCUT2D eigenvalue weighted by Crippen LogP contribution is -2.51. The Balaban J connectivity index is 1.34. The molecule has 1 fully saturated rings. The van der Waals surface area contributed by atoms with Crippen LogP contribution in [0.25, 0.3) is 10.6 Å². The van der Waals surface area contributed by atoms with Crippen molar-refractivity contribution in [2.24, 2.45) is 0 Å². The van der Waals surface area contributed by atoms with Gasteiger partial charge in [0.25, 0.3) is 0 Å². The summed E-state index contributed by atoms with van der Waals surface area (Å²) >= 11 is 2.87. The SMILES string of the molecule is Cc1nc(-c2ccccc2)sc1C1CC(=O)NC(SCC(=O)NCc2ccccc2F)N1. The lowest BCUT2D eigenvalue weighted by Gasteiger charge is -2.30. The van der Waals surface area contributed by atoms with Gasteiger partial charge in [0.15, 0.2) is 0 Å². The Bertz CT molecular complexity index is 1110. The van der Waals surface area contributed by atoms with Gasteiger partial charge in [0.05, 0.1) is 17.5 Å². The van der Waals surface area contributed by atoms with Crippen molar-refractivity contribution < 1.29 is 14.0 Å². The number of hydrogen-bond acceptors (Lipinski definition) is 6. The zero-order valence-corrected chi connectivity index (χ0v) is 19.1. The second-order valence-corrected chi connectivity index (χ2v) is 9.51. The molecular formula is C23H23FN4O2S2. The minimum Gasteiger partial charge on any atom is -0.351 e. The molecule has 0 bridgehead atoms. The zero-order valence-electron chi connectivity index (χ0n) is 17.4. The zero-order chi connectivity index (χ0) is 22.5. The number of aryl methyl sites for hydroxylation is 1. The van der Waals surface area contributed by atoms with Gasteiger partial charge in [-0.3, -0.25) is 14.9 Å². The molecule has 2 unspecified atom stereocenters. The molecule has 6 nitrogen and oxygen atoms in total. The maximum atomic E-state index is 13.7. The molecule has 1 aliphatic rings. The Morgan fingerprint density at radius 3 is 2.75 bits per heavy atom. The lowest BCUT2D eigenvalue weighted by molar-refractivity contribution is -0.123.